The Bertz CT molecular complexity index is 2080. The normalized spacial score (nSPS) is 10.4. The van der Waals surface area contributed by atoms with E-state index >= 15 is 0 Å². The van der Waals surface area contributed by atoms with E-state index in [9.17, 15) is 0 Å². The van der Waals surface area contributed by atoms with Gasteiger partial charge in [-0.1, -0.05) is 140 Å². The number of benzene rings is 7. The molecule has 0 radical (unpaired) electrons. The summed E-state index contributed by atoms with van der Waals surface area (Å²) in [6.45, 7) is 0. The van der Waals surface area contributed by atoms with E-state index in [1.165, 1.54) is 31.8 Å². The standard InChI is InChI=1S/2C18H15P.C12H8N3.Cu/c2*1-4-10-16(11-5-1)19(17-12-6-2-7-13-17)18-14-8-3-9-15-18;1-2-7-13-10(5-1)9-4-3-6-11-12(9)15-8-14-11;/h2*1-15H;1-8H;/q;;-1;+1/p+2. The van der Waals surface area contributed by atoms with Crippen LogP contribution in [-0.4, -0.2) is 9.97 Å². The Kier molecular flexibility index (Phi) is 14.3. The van der Waals surface area contributed by atoms with E-state index in [1.807, 2.05) is 36.4 Å². The van der Waals surface area contributed by atoms with Crippen LogP contribution in [0.5, 0.6) is 0 Å². The van der Waals surface area contributed by atoms with E-state index in [-0.39, 0.29) is 17.1 Å². The smallest absolute Gasteiger partial charge is 0.443 e. The molecular formula is C48H40CuN3P2+2. The Morgan fingerprint density at radius 2 is 0.685 bits per heavy atom. The SMILES string of the molecule is [Cu+].c1ccc(-c2cccc3nc[n-]c23)nc1.c1ccc([PH+](c2ccccc2)c2ccccc2)cc1.c1ccc([PH+](c2ccccc2)c2ccccc2)cc1. The molecule has 0 unspecified atom stereocenters. The van der Waals surface area contributed by atoms with Crippen LogP contribution in [0.2, 0.25) is 0 Å². The van der Waals surface area contributed by atoms with Gasteiger partial charge in [0.1, 0.15) is 31.8 Å². The zero-order valence-electron chi connectivity index (χ0n) is 29.6. The topological polar surface area (TPSA) is 39.9 Å². The predicted octanol–water partition coefficient (Wildman–Crippen LogP) is 8.61. The number of pyridine rings is 1. The Labute approximate surface area is 331 Å². The summed E-state index contributed by atoms with van der Waals surface area (Å²) in [4.78, 5) is 12.7. The zero-order valence-corrected chi connectivity index (χ0v) is 32.5. The third-order valence-corrected chi connectivity index (χ3v) is 14.2. The van der Waals surface area contributed by atoms with Gasteiger partial charge in [0.05, 0.1) is 21.5 Å². The zero-order chi connectivity index (χ0) is 35.9. The molecule has 0 aliphatic carbocycles. The summed E-state index contributed by atoms with van der Waals surface area (Å²) >= 11 is 0. The molecule has 9 aromatic rings. The maximum absolute atomic E-state index is 4.31. The van der Waals surface area contributed by atoms with Gasteiger partial charge in [0.2, 0.25) is 0 Å². The van der Waals surface area contributed by atoms with Gasteiger partial charge in [0.15, 0.2) is 0 Å². The fourth-order valence-electron chi connectivity index (χ4n) is 6.28. The van der Waals surface area contributed by atoms with Gasteiger partial charge in [0.25, 0.3) is 0 Å². The second-order valence-electron chi connectivity index (χ2n) is 12.2. The van der Waals surface area contributed by atoms with Gasteiger partial charge in [-0.2, -0.15) is 0 Å². The average molecular weight is 784 g/mol. The van der Waals surface area contributed by atoms with Crippen LogP contribution in [0, 0.1) is 0 Å². The van der Waals surface area contributed by atoms with Crippen molar-refractivity contribution in [2.24, 2.45) is 0 Å². The molecule has 0 N–H and O–H groups in total. The van der Waals surface area contributed by atoms with E-state index in [1.54, 1.807) is 12.5 Å². The monoisotopic (exact) mass is 783 g/mol. The van der Waals surface area contributed by atoms with Gasteiger partial charge >= 0.3 is 17.1 Å². The molecule has 0 aliphatic heterocycles. The van der Waals surface area contributed by atoms with Crippen molar-refractivity contribution < 1.29 is 17.1 Å². The molecule has 2 aromatic heterocycles. The Balaban J connectivity index is 0.000000138. The molecule has 266 valence electrons. The van der Waals surface area contributed by atoms with E-state index in [0.717, 1.165) is 22.3 Å². The van der Waals surface area contributed by atoms with Crippen LogP contribution in [0.25, 0.3) is 22.3 Å². The third kappa shape index (κ3) is 9.94. The summed E-state index contributed by atoms with van der Waals surface area (Å²) in [5, 5.41) is 8.61. The van der Waals surface area contributed by atoms with Crippen LogP contribution >= 0.6 is 15.8 Å². The van der Waals surface area contributed by atoms with Crippen LogP contribution in [0.1, 0.15) is 0 Å². The quantitative estimate of drug-likeness (QED) is 0.120. The minimum atomic E-state index is -0.877. The van der Waals surface area contributed by atoms with Gasteiger partial charge in [-0.25, -0.2) is 0 Å². The van der Waals surface area contributed by atoms with Crippen molar-refractivity contribution in [2.45, 2.75) is 0 Å². The Morgan fingerprint density at radius 3 is 1.02 bits per heavy atom. The molecule has 0 saturated carbocycles. The number of hydrogen-bond donors (Lipinski definition) is 0. The van der Waals surface area contributed by atoms with Gasteiger partial charge in [-0.05, 0) is 96.0 Å². The minimum absolute atomic E-state index is 0. The molecule has 0 bridgehead atoms. The maximum Gasteiger partial charge on any atom is 1.00 e. The molecule has 0 atom stereocenters. The van der Waals surface area contributed by atoms with Crippen LogP contribution in [0.15, 0.2) is 231 Å². The van der Waals surface area contributed by atoms with Crippen molar-refractivity contribution in [1.29, 1.82) is 0 Å². The summed E-state index contributed by atoms with van der Waals surface area (Å²) in [6, 6.07) is 76.8. The largest absolute Gasteiger partial charge is 1.00 e. The van der Waals surface area contributed by atoms with Crippen molar-refractivity contribution in [3.63, 3.8) is 0 Å². The minimum Gasteiger partial charge on any atom is -0.443 e. The molecule has 9 rings (SSSR count). The maximum atomic E-state index is 4.31. The average Bonchev–Trinajstić information content (AvgIpc) is 3.74. The molecule has 7 aromatic carbocycles. The van der Waals surface area contributed by atoms with Gasteiger partial charge in [-0.15, -0.1) is 0 Å². The molecule has 6 heteroatoms. The fraction of sp³-hybridized carbons (Fsp3) is 0. The third-order valence-electron chi connectivity index (χ3n) is 8.71. The van der Waals surface area contributed by atoms with Crippen LogP contribution in [0.4, 0.5) is 0 Å². The van der Waals surface area contributed by atoms with Crippen LogP contribution < -0.4 is 36.8 Å². The van der Waals surface area contributed by atoms with Gasteiger partial charge < -0.3 is 9.97 Å². The number of aromatic nitrogens is 3. The Hall–Kier alpha value is -5.46. The first-order valence-electron chi connectivity index (χ1n) is 17.7. The second-order valence-corrected chi connectivity index (χ2v) is 17.2. The summed E-state index contributed by atoms with van der Waals surface area (Å²) < 4.78 is 0. The predicted molar refractivity (Wildman–Crippen MR) is 231 cm³/mol. The molecule has 0 spiro atoms. The van der Waals surface area contributed by atoms with E-state index in [0.29, 0.717) is 0 Å². The summed E-state index contributed by atoms with van der Waals surface area (Å²) in [7, 11) is -1.75. The van der Waals surface area contributed by atoms with E-state index in [4.69, 9.17) is 0 Å². The molecular weight excluding hydrogens is 744 g/mol. The van der Waals surface area contributed by atoms with Crippen LogP contribution in [0.3, 0.4) is 0 Å². The Morgan fingerprint density at radius 1 is 0.333 bits per heavy atom. The first kappa shape index (κ1) is 38.3. The molecule has 54 heavy (non-hydrogen) atoms. The number of rotatable bonds is 7. The van der Waals surface area contributed by atoms with Crippen LogP contribution in [-0.2, 0) is 17.1 Å². The van der Waals surface area contributed by atoms with E-state index < -0.39 is 15.8 Å². The summed E-state index contributed by atoms with van der Waals surface area (Å²) in [5.74, 6) is 0. The number of imidazole rings is 1. The van der Waals surface area contributed by atoms with Crippen molar-refractivity contribution in [1.82, 2.24) is 15.0 Å². The fourth-order valence-corrected chi connectivity index (χ4v) is 11.4. The summed E-state index contributed by atoms with van der Waals surface area (Å²) in [6.07, 6.45) is 3.36. The van der Waals surface area contributed by atoms with Crippen molar-refractivity contribution in [3.8, 4) is 11.3 Å². The van der Waals surface area contributed by atoms with Crippen molar-refractivity contribution in [2.75, 3.05) is 0 Å². The number of nitrogens with zero attached hydrogens (tertiary/aromatic N) is 3. The van der Waals surface area contributed by atoms with Crippen molar-refractivity contribution in [3.05, 3.63) is 231 Å². The molecule has 0 aliphatic rings. The number of fused-ring (bicyclic) bond motifs is 1. The van der Waals surface area contributed by atoms with Gasteiger partial charge in [-0.3, -0.25) is 4.98 Å². The molecule has 3 nitrogen and oxygen atoms in total. The first-order chi connectivity index (χ1) is 26.3. The molecule has 0 saturated heterocycles. The van der Waals surface area contributed by atoms with Gasteiger partial charge in [0, 0.05) is 11.8 Å². The molecule has 2 heterocycles. The van der Waals surface area contributed by atoms with Crippen molar-refractivity contribution >= 4 is 58.7 Å². The first-order valence-corrected chi connectivity index (χ1v) is 20.7. The molecule has 0 amide bonds. The number of para-hydroxylation sites is 1. The number of hydrogen-bond acceptors (Lipinski definition) is 2. The van der Waals surface area contributed by atoms with E-state index in [2.05, 4.69) is 197 Å². The molecule has 0 fully saturated rings. The second kappa shape index (κ2) is 20.1. The summed E-state index contributed by atoms with van der Waals surface area (Å²) in [5.41, 5.74) is 3.79.